The first-order chi connectivity index (χ1) is 10.4. The Morgan fingerprint density at radius 2 is 1.91 bits per heavy atom. The Morgan fingerprint density at radius 3 is 2.41 bits per heavy atom. The van der Waals surface area contributed by atoms with E-state index < -0.39 is 0 Å². The number of amides is 1. The summed E-state index contributed by atoms with van der Waals surface area (Å²) >= 11 is 0. The topological polar surface area (TPSA) is 75.9 Å². The van der Waals surface area contributed by atoms with Crippen molar-refractivity contribution >= 4 is 17.6 Å². The molecular weight excluding hydrogens is 282 g/mol. The molecule has 6 nitrogen and oxygen atoms in total. The molecule has 2 atom stereocenters. The molecule has 22 heavy (non-hydrogen) atoms. The number of nitrogens with zero attached hydrogens (tertiary/aromatic N) is 2. The van der Waals surface area contributed by atoms with Gasteiger partial charge in [-0.3, -0.25) is 9.69 Å². The van der Waals surface area contributed by atoms with Crippen molar-refractivity contribution in [2.75, 3.05) is 31.6 Å². The van der Waals surface area contributed by atoms with Crippen LogP contribution >= 0.6 is 0 Å². The SMILES string of the molecule is COC(=O)c1ccc(N2CCN([C@H](C)C(N)=O)[C@@H](C)C2)cc1. The lowest BCUT2D eigenvalue weighted by atomic mass is 10.1. The van der Waals surface area contributed by atoms with Gasteiger partial charge in [0.05, 0.1) is 18.7 Å². The lowest BCUT2D eigenvalue weighted by Gasteiger charge is -2.43. The fourth-order valence-corrected chi connectivity index (χ4v) is 2.87. The molecule has 120 valence electrons. The highest BCUT2D eigenvalue weighted by atomic mass is 16.5. The quantitative estimate of drug-likeness (QED) is 0.835. The number of methoxy groups -OCH3 is 1. The zero-order chi connectivity index (χ0) is 16.3. The van der Waals surface area contributed by atoms with E-state index in [1.54, 1.807) is 12.1 Å². The molecule has 0 spiro atoms. The van der Waals surface area contributed by atoms with Crippen molar-refractivity contribution in [2.45, 2.75) is 25.9 Å². The fraction of sp³-hybridized carbons (Fsp3) is 0.500. The largest absolute Gasteiger partial charge is 0.465 e. The summed E-state index contributed by atoms with van der Waals surface area (Å²) in [6.45, 7) is 6.35. The highest BCUT2D eigenvalue weighted by Gasteiger charge is 2.29. The number of anilines is 1. The molecule has 0 aromatic heterocycles. The molecule has 0 radical (unpaired) electrons. The molecule has 1 saturated heterocycles. The van der Waals surface area contributed by atoms with Gasteiger partial charge in [-0.1, -0.05) is 0 Å². The van der Waals surface area contributed by atoms with Gasteiger partial charge in [-0.2, -0.15) is 0 Å². The van der Waals surface area contributed by atoms with Gasteiger partial charge in [0.2, 0.25) is 5.91 Å². The van der Waals surface area contributed by atoms with Crippen LogP contribution < -0.4 is 10.6 Å². The molecular formula is C16H23N3O3. The average Bonchev–Trinajstić information content (AvgIpc) is 2.53. The molecule has 1 aromatic carbocycles. The van der Waals surface area contributed by atoms with Gasteiger partial charge < -0.3 is 15.4 Å². The third kappa shape index (κ3) is 3.39. The average molecular weight is 305 g/mol. The highest BCUT2D eigenvalue weighted by molar-refractivity contribution is 5.89. The number of carbonyl (C=O) groups is 2. The predicted octanol–water partition coefficient (Wildman–Crippen LogP) is 0.858. The van der Waals surface area contributed by atoms with Gasteiger partial charge in [0.1, 0.15) is 0 Å². The van der Waals surface area contributed by atoms with Crippen LogP contribution in [0.5, 0.6) is 0 Å². The Hall–Kier alpha value is -2.08. The van der Waals surface area contributed by atoms with Gasteiger partial charge >= 0.3 is 5.97 Å². The minimum atomic E-state index is -0.333. The molecule has 0 unspecified atom stereocenters. The van der Waals surface area contributed by atoms with Gasteiger partial charge in [-0.15, -0.1) is 0 Å². The molecule has 1 aliphatic rings. The number of piperazine rings is 1. The number of nitrogens with two attached hydrogens (primary N) is 1. The molecule has 0 saturated carbocycles. The van der Waals surface area contributed by atoms with Crippen LogP contribution in [0.15, 0.2) is 24.3 Å². The fourth-order valence-electron chi connectivity index (χ4n) is 2.87. The molecule has 0 bridgehead atoms. The van der Waals surface area contributed by atoms with Crippen LogP contribution in [-0.2, 0) is 9.53 Å². The lowest BCUT2D eigenvalue weighted by Crippen LogP contribution is -2.57. The third-order valence-corrected chi connectivity index (χ3v) is 4.24. The standard InChI is InChI=1S/C16H23N3O3/c1-11-10-18(8-9-19(11)12(2)15(17)20)14-6-4-13(5-7-14)16(21)22-3/h4-7,11-12H,8-10H2,1-3H3,(H2,17,20)/t11-,12+/m0/s1. The van der Waals surface area contributed by atoms with Gasteiger partial charge in [-0.05, 0) is 38.1 Å². The number of rotatable bonds is 4. The Balaban J connectivity index is 2.04. The maximum absolute atomic E-state index is 11.4. The minimum absolute atomic E-state index is 0.233. The highest BCUT2D eigenvalue weighted by Crippen LogP contribution is 2.21. The van der Waals surface area contributed by atoms with E-state index in [0.717, 1.165) is 25.3 Å². The van der Waals surface area contributed by atoms with Gasteiger partial charge in [0.15, 0.2) is 0 Å². The van der Waals surface area contributed by atoms with Crippen LogP contribution in [0.2, 0.25) is 0 Å². The van der Waals surface area contributed by atoms with Crippen molar-refractivity contribution in [3.8, 4) is 0 Å². The first-order valence-corrected chi connectivity index (χ1v) is 7.42. The zero-order valence-corrected chi connectivity index (χ0v) is 13.3. The molecule has 6 heteroatoms. The number of primary amides is 1. The van der Waals surface area contributed by atoms with Crippen molar-refractivity contribution in [1.82, 2.24) is 4.90 Å². The molecule has 2 N–H and O–H groups in total. The van der Waals surface area contributed by atoms with E-state index in [2.05, 4.69) is 16.7 Å². The van der Waals surface area contributed by atoms with E-state index in [0.29, 0.717) is 5.56 Å². The maximum atomic E-state index is 11.4. The third-order valence-electron chi connectivity index (χ3n) is 4.24. The Bertz CT molecular complexity index is 544. The summed E-state index contributed by atoms with van der Waals surface area (Å²) in [5, 5.41) is 0. The van der Waals surface area contributed by atoms with Gasteiger partial charge in [0.25, 0.3) is 0 Å². The number of benzene rings is 1. The molecule has 1 amide bonds. The van der Waals surface area contributed by atoms with E-state index in [4.69, 9.17) is 10.5 Å². The molecule has 2 rings (SSSR count). The number of hydrogen-bond donors (Lipinski definition) is 1. The summed E-state index contributed by atoms with van der Waals surface area (Å²) < 4.78 is 4.70. The van der Waals surface area contributed by atoms with Crippen LogP contribution in [0, 0.1) is 0 Å². The molecule has 1 heterocycles. The van der Waals surface area contributed by atoms with E-state index in [1.165, 1.54) is 7.11 Å². The van der Waals surface area contributed by atoms with Gasteiger partial charge in [-0.25, -0.2) is 4.79 Å². The second-order valence-corrected chi connectivity index (χ2v) is 5.65. The van der Waals surface area contributed by atoms with Crippen molar-refractivity contribution < 1.29 is 14.3 Å². The summed E-state index contributed by atoms with van der Waals surface area (Å²) in [6.07, 6.45) is 0. The van der Waals surface area contributed by atoms with Crippen LogP contribution in [-0.4, -0.2) is 55.6 Å². The summed E-state index contributed by atoms with van der Waals surface area (Å²) in [7, 11) is 1.37. The summed E-state index contributed by atoms with van der Waals surface area (Å²) in [5.41, 5.74) is 7.00. The van der Waals surface area contributed by atoms with Crippen molar-refractivity contribution in [3.63, 3.8) is 0 Å². The second-order valence-electron chi connectivity index (χ2n) is 5.65. The second kappa shape index (κ2) is 6.79. The summed E-state index contributed by atoms with van der Waals surface area (Å²) in [6, 6.07) is 7.36. The normalized spacial score (nSPS) is 20.5. The summed E-state index contributed by atoms with van der Waals surface area (Å²) in [4.78, 5) is 27.2. The van der Waals surface area contributed by atoms with Crippen LogP contribution in [0.3, 0.4) is 0 Å². The van der Waals surface area contributed by atoms with Crippen LogP contribution in [0.25, 0.3) is 0 Å². The predicted molar refractivity (Wildman–Crippen MR) is 84.8 cm³/mol. The van der Waals surface area contributed by atoms with Crippen molar-refractivity contribution in [1.29, 1.82) is 0 Å². The number of hydrogen-bond acceptors (Lipinski definition) is 5. The number of carbonyl (C=O) groups excluding carboxylic acids is 2. The molecule has 0 aliphatic carbocycles. The van der Waals surface area contributed by atoms with E-state index in [-0.39, 0.29) is 24.0 Å². The first-order valence-electron chi connectivity index (χ1n) is 7.42. The lowest BCUT2D eigenvalue weighted by molar-refractivity contribution is -0.123. The monoisotopic (exact) mass is 305 g/mol. The van der Waals surface area contributed by atoms with E-state index in [1.807, 2.05) is 19.1 Å². The smallest absolute Gasteiger partial charge is 0.337 e. The van der Waals surface area contributed by atoms with E-state index >= 15 is 0 Å². The minimum Gasteiger partial charge on any atom is -0.465 e. The molecule has 1 aromatic rings. The Labute approximate surface area is 130 Å². The van der Waals surface area contributed by atoms with Crippen molar-refractivity contribution in [3.05, 3.63) is 29.8 Å². The molecule has 1 aliphatic heterocycles. The van der Waals surface area contributed by atoms with Crippen LogP contribution in [0.4, 0.5) is 5.69 Å². The number of esters is 1. The molecule has 1 fully saturated rings. The first kappa shape index (κ1) is 16.3. The summed E-state index contributed by atoms with van der Waals surface area (Å²) in [5.74, 6) is -0.622. The number of ether oxygens (including phenoxy) is 1. The van der Waals surface area contributed by atoms with Crippen molar-refractivity contribution in [2.24, 2.45) is 5.73 Å². The Morgan fingerprint density at radius 1 is 1.27 bits per heavy atom. The van der Waals surface area contributed by atoms with Crippen LogP contribution in [0.1, 0.15) is 24.2 Å². The van der Waals surface area contributed by atoms with E-state index in [9.17, 15) is 9.59 Å². The van der Waals surface area contributed by atoms with Gasteiger partial charge in [0, 0.05) is 31.4 Å². The Kier molecular flexibility index (Phi) is 5.03. The zero-order valence-electron chi connectivity index (χ0n) is 13.3. The maximum Gasteiger partial charge on any atom is 0.337 e.